The predicted octanol–water partition coefficient (Wildman–Crippen LogP) is 1.66. The molecule has 2 aromatic carbocycles. The van der Waals surface area contributed by atoms with Crippen LogP contribution < -0.4 is 25.9 Å². The first kappa shape index (κ1) is 20.8. The van der Waals surface area contributed by atoms with Crippen LogP contribution in [-0.4, -0.2) is 35.3 Å². The Kier molecular flexibility index (Phi) is 6.63. The third-order valence-corrected chi connectivity index (χ3v) is 4.36. The maximum atomic E-state index is 12.6. The molecule has 0 aliphatic rings. The zero-order valence-electron chi connectivity index (χ0n) is 16.7. The normalized spacial score (nSPS) is 10.5. The highest BCUT2D eigenvalue weighted by Crippen LogP contribution is 2.17. The lowest BCUT2D eigenvalue weighted by atomic mass is 10.1. The molecule has 0 fully saturated rings. The molecule has 0 bridgehead atoms. The molecule has 0 unspecified atom stereocenters. The maximum absolute atomic E-state index is 12.6. The van der Waals surface area contributed by atoms with Crippen LogP contribution in [0.3, 0.4) is 0 Å². The van der Waals surface area contributed by atoms with Gasteiger partial charge < -0.3 is 9.47 Å². The minimum atomic E-state index is -0.613. The summed E-state index contributed by atoms with van der Waals surface area (Å²) in [6.07, 6.45) is 0.0367. The van der Waals surface area contributed by atoms with E-state index in [0.29, 0.717) is 28.8 Å². The summed E-state index contributed by atoms with van der Waals surface area (Å²) in [5.74, 6) is 0.270. The van der Waals surface area contributed by atoms with E-state index in [-0.39, 0.29) is 24.3 Å². The minimum absolute atomic E-state index is 0.0367. The van der Waals surface area contributed by atoms with Crippen molar-refractivity contribution in [3.8, 4) is 11.5 Å². The summed E-state index contributed by atoms with van der Waals surface area (Å²) in [5.41, 5.74) is 4.46. The summed E-state index contributed by atoms with van der Waals surface area (Å²) < 4.78 is 11.8. The first-order valence-electron chi connectivity index (χ1n) is 9.39. The quantitative estimate of drug-likeness (QED) is 0.573. The van der Waals surface area contributed by atoms with Gasteiger partial charge in [0.2, 0.25) is 5.91 Å². The highest BCUT2D eigenvalue weighted by atomic mass is 16.5. The Morgan fingerprint density at radius 1 is 1.00 bits per heavy atom. The number of amides is 2. The van der Waals surface area contributed by atoms with E-state index in [9.17, 15) is 14.4 Å². The third-order valence-electron chi connectivity index (χ3n) is 4.36. The van der Waals surface area contributed by atoms with E-state index in [1.165, 1.54) is 4.68 Å². The van der Waals surface area contributed by atoms with Crippen molar-refractivity contribution in [1.82, 2.24) is 20.6 Å². The fraction of sp³-hybridized carbons (Fsp3) is 0.238. The minimum Gasteiger partial charge on any atom is -0.497 e. The molecule has 9 heteroatoms. The van der Waals surface area contributed by atoms with Crippen molar-refractivity contribution in [1.29, 1.82) is 0 Å². The maximum Gasteiger partial charge on any atom is 0.290 e. The lowest BCUT2D eigenvalue weighted by molar-refractivity contribution is -0.122. The summed E-state index contributed by atoms with van der Waals surface area (Å²) in [6.45, 7) is 2.21. The molecule has 0 aliphatic heterocycles. The molecule has 1 aromatic heterocycles. The highest BCUT2D eigenvalue weighted by Gasteiger charge is 2.16. The largest absolute Gasteiger partial charge is 0.497 e. The number of methoxy groups -OCH3 is 1. The number of benzene rings is 2. The van der Waals surface area contributed by atoms with Crippen molar-refractivity contribution in [2.24, 2.45) is 0 Å². The molecular weight excluding hydrogens is 388 g/mol. The van der Waals surface area contributed by atoms with Gasteiger partial charge in [0.1, 0.15) is 11.5 Å². The number of nitrogens with one attached hydrogen (secondary N) is 2. The SMILES string of the molecule is CCn1nc(C(=O)NNC(=O)CCOc2ccc(OC)cc2)c2ccccc2c1=O. The van der Waals surface area contributed by atoms with Crippen molar-refractivity contribution in [2.75, 3.05) is 13.7 Å². The second-order valence-electron chi connectivity index (χ2n) is 6.29. The number of hydrogen-bond acceptors (Lipinski definition) is 6. The lowest BCUT2D eigenvalue weighted by Crippen LogP contribution is -2.43. The first-order chi connectivity index (χ1) is 14.5. The van der Waals surface area contributed by atoms with E-state index in [0.717, 1.165) is 0 Å². The van der Waals surface area contributed by atoms with Gasteiger partial charge in [0.05, 0.1) is 25.5 Å². The molecule has 9 nitrogen and oxygen atoms in total. The van der Waals surface area contributed by atoms with Gasteiger partial charge in [-0.3, -0.25) is 25.2 Å². The Morgan fingerprint density at radius 2 is 1.67 bits per heavy atom. The molecule has 0 saturated carbocycles. The van der Waals surface area contributed by atoms with E-state index in [4.69, 9.17) is 9.47 Å². The number of aromatic nitrogens is 2. The van der Waals surface area contributed by atoms with Gasteiger partial charge in [0, 0.05) is 11.9 Å². The molecule has 30 heavy (non-hydrogen) atoms. The average molecular weight is 410 g/mol. The van der Waals surface area contributed by atoms with E-state index >= 15 is 0 Å². The number of nitrogens with zero attached hydrogens (tertiary/aromatic N) is 2. The molecule has 3 rings (SSSR count). The molecule has 0 aliphatic carbocycles. The predicted molar refractivity (Wildman–Crippen MR) is 110 cm³/mol. The van der Waals surface area contributed by atoms with E-state index < -0.39 is 11.8 Å². The summed E-state index contributed by atoms with van der Waals surface area (Å²) in [5, 5.41) is 4.92. The zero-order chi connectivity index (χ0) is 21.5. The molecule has 3 aromatic rings. The number of hydrazine groups is 1. The Morgan fingerprint density at radius 3 is 2.33 bits per heavy atom. The molecule has 0 radical (unpaired) electrons. The molecule has 0 spiro atoms. The molecule has 1 heterocycles. The monoisotopic (exact) mass is 410 g/mol. The van der Waals surface area contributed by atoms with Crippen molar-refractivity contribution < 1.29 is 19.1 Å². The van der Waals surface area contributed by atoms with Gasteiger partial charge in [-0.2, -0.15) is 5.10 Å². The van der Waals surface area contributed by atoms with Gasteiger partial charge in [-0.15, -0.1) is 0 Å². The zero-order valence-corrected chi connectivity index (χ0v) is 16.7. The molecule has 0 atom stereocenters. The van der Waals surface area contributed by atoms with Gasteiger partial charge in [0.15, 0.2) is 5.69 Å². The summed E-state index contributed by atoms with van der Waals surface area (Å²) >= 11 is 0. The Bertz CT molecular complexity index is 1110. The van der Waals surface area contributed by atoms with Crippen LogP contribution in [0.25, 0.3) is 10.8 Å². The van der Waals surface area contributed by atoms with E-state index in [1.54, 1.807) is 62.6 Å². The van der Waals surface area contributed by atoms with Crippen LogP contribution in [0.15, 0.2) is 53.3 Å². The lowest BCUT2D eigenvalue weighted by Gasteiger charge is -2.11. The van der Waals surface area contributed by atoms with Crippen molar-refractivity contribution in [3.05, 3.63) is 64.6 Å². The standard InChI is InChI=1S/C21H22N4O5/c1-3-25-21(28)17-7-5-4-6-16(17)19(24-25)20(27)23-22-18(26)12-13-30-15-10-8-14(29-2)9-11-15/h4-11H,3,12-13H2,1-2H3,(H,22,26)(H,23,27). The van der Waals surface area contributed by atoms with Gasteiger partial charge in [-0.25, -0.2) is 4.68 Å². The fourth-order valence-corrected chi connectivity index (χ4v) is 2.80. The van der Waals surface area contributed by atoms with Crippen LogP contribution in [0.4, 0.5) is 0 Å². The number of aryl methyl sites for hydroxylation is 1. The van der Waals surface area contributed by atoms with Crippen LogP contribution in [-0.2, 0) is 11.3 Å². The van der Waals surface area contributed by atoms with Crippen molar-refractivity contribution in [3.63, 3.8) is 0 Å². The molecule has 2 amide bonds. The molecule has 0 saturated heterocycles. The van der Waals surface area contributed by atoms with E-state index in [1.807, 2.05) is 0 Å². The van der Waals surface area contributed by atoms with Crippen LogP contribution >= 0.6 is 0 Å². The number of carbonyl (C=O) groups excluding carboxylic acids is 2. The third kappa shape index (κ3) is 4.75. The topological polar surface area (TPSA) is 112 Å². The number of rotatable bonds is 7. The Hall–Kier alpha value is -3.88. The fourth-order valence-electron chi connectivity index (χ4n) is 2.80. The number of fused-ring (bicyclic) bond motifs is 1. The molecule has 156 valence electrons. The smallest absolute Gasteiger partial charge is 0.290 e. The number of ether oxygens (including phenoxy) is 2. The van der Waals surface area contributed by atoms with Gasteiger partial charge in [0.25, 0.3) is 11.5 Å². The van der Waals surface area contributed by atoms with Gasteiger partial charge in [-0.1, -0.05) is 18.2 Å². The number of carbonyl (C=O) groups is 2. The second kappa shape index (κ2) is 9.55. The van der Waals surface area contributed by atoms with Gasteiger partial charge in [-0.05, 0) is 37.3 Å². The van der Waals surface area contributed by atoms with Gasteiger partial charge >= 0.3 is 0 Å². The second-order valence-corrected chi connectivity index (χ2v) is 6.29. The summed E-state index contributed by atoms with van der Waals surface area (Å²) in [4.78, 5) is 36.9. The average Bonchev–Trinajstić information content (AvgIpc) is 2.78. The summed E-state index contributed by atoms with van der Waals surface area (Å²) in [6, 6.07) is 13.7. The van der Waals surface area contributed by atoms with E-state index in [2.05, 4.69) is 16.0 Å². The van der Waals surface area contributed by atoms with Crippen molar-refractivity contribution >= 4 is 22.6 Å². The van der Waals surface area contributed by atoms with Crippen molar-refractivity contribution in [2.45, 2.75) is 19.9 Å². The Labute approximate surface area is 172 Å². The van der Waals surface area contributed by atoms with Crippen LogP contribution in [0, 0.1) is 0 Å². The summed E-state index contributed by atoms with van der Waals surface area (Å²) in [7, 11) is 1.57. The Balaban J connectivity index is 1.58. The van der Waals surface area contributed by atoms with Crippen LogP contribution in [0.5, 0.6) is 11.5 Å². The highest BCUT2D eigenvalue weighted by molar-refractivity contribution is 6.05. The van der Waals surface area contributed by atoms with Crippen LogP contribution in [0.1, 0.15) is 23.8 Å². The molecular formula is C21H22N4O5. The first-order valence-corrected chi connectivity index (χ1v) is 9.39. The molecule has 2 N–H and O–H groups in total. The number of hydrogen-bond donors (Lipinski definition) is 2. The van der Waals surface area contributed by atoms with Crippen LogP contribution in [0.2, 0.25) is 0 Å².